The lowest BCUT2D eigenvalue weighted by Crippen LogP contribution is -2.43. The van der Waals surface area contributed by atoms with E-state index >= 15 is 0 Å². The molecule has 1 rings (SSSR count). The van der Waals surface area contributed by atoms with Gasteiger partial charge in [-0.05, 0) is 25.5 Å². The summed E-state index contributed by atoms with van der Waals surface area (Å²) in [7, 11) is 0. The number of imide groups is 1. The quantitative estimate of drug-likeness (QED) is 0.698. The highest BCUT2D eigenvalue weighted by Gasteiger charge is 2.12. The minimum Gasteiger partial charge on any atom is -0.481 e. The zero-order valence-corrected chi connectivity index (χ0v) is 11.2. The Kier molecular flexibility index (Phi) is 6.28. The number of hydrogen-bond donors (Lipinski definition) is 3. The van der Waals surface area contributed by atoms with E-state index in [0.29, 0.717) is 12.8 Å². The Morgan fingerprint density at radius 1 is 1.35 bits per heavy atom. The van der Waals surface area contributed by atoms with Crippen LogP contribution in [0.1, 0.15) is 31.9 Å². The first-order valence-corrected chi connectivity index (χ1v) is 6.32. The number of carboxylic acids is 1. The van der Waals surface area contributed by atoms with Gasteiger partial charge in [-0.1, -0.05) is 0 Å². The summed E-state index contributed by atoms with van der Waals surface area (Å²) in [6.45, 7) is 1.81. The number of carbonyl (C=O) groups excluding carboxylic acids is 2. The molecule has 0 bridgehead atoms. The van der Waals surface area contributed by atoms with E-state index in [9.17, 15) is 14.4 Å². The molecule has 1 heterocycles. The van der Waals surface area contributed by atoms with Crippen molar-refractivity contribution in [2.75, 3.05) is 0 Å². The standard InChI is InChI=1S/C13H18N2O5/c1-9(4-5-10-3-2-8-20-10)14-13(19)15-11(16)6-7-12(17)18/h2-3,8-9H,4-7H2,1H3,(H,17,18)(H2,14,15,16,19). The molecule has 3 amide bonds. The maximum Gasteiger partial charge on any atom is 0.321 e. The van der Waals surface area contributed by atoms with Gasteiger partial charge in [0.15, 0.2) is 0 Å². The molecule has 1 atom stereocenters. The van der Waals surface area contributed by atoms with Gasteiger partial charge in [0.1, 0.15) is 5.76 Å². The smallest absolute Gasteiger partial charge is 0.321 e. The fourth-order valence-electron chi connectivity index (χ4n) is 1.56. The maximum atomic E-state index is 11.5. The molecule has 1 aromatic rings. The van der Waals surface area contributed by atoms with Crippen LogP contribution in [0.25, 0.3) is 0 Å². The van der Waals surface area contributed by atoms with E-state index < -0.39 is 17.9 Å². The Morgan fingerprint density at radius 2 is 2.10 bits per heavy atom. The second-order valence-electron chi connectivity index (χ2n) is 4.43. The van der Waals surface area contributed by atoms with Crippen molar-refractivity contribution in [2.45, 2.75) is 38.6 Å². The first kappa shape index (κ1) is 15.7. The number of carbonyl (C=O) groups is 3. The van der Waals surface area contributed by atoms with E-state index in [2.05, 4.69) is 10.6 Å². The zero-order chi connectivity index (χ0) is 15.0. The molecule has 0 aromatic carbocycles. The zero-order valence-electron chi connectivity index (χ0n) is 11.2. The van der Waals surface area contributed by atoms with Gasteiger partial charge >= 0.3 is 12.0 Å². The number of nitrogens with one attached hydrogen (secondary N) is 2. The normalized spacial score (nSPS) is 11.7. The van der Waals surface area contributed by atoms with Crippen molar-refractivity contribution >= 4 is 17.9 Å². The number of carboxylic acid groups (broad SMARTS) is 1. The second-order valence-corrected chi connectivity index (χ2v) is 4.43. The molecule has 0 radical (unpaired) electrons. The van der Waals surface area contributed by atoms with Gasteiger partial charge in [-0.25, -0.2) is 4.79 Å². The summed E-state index contributed by atoms with van der Waals surface area (Å²) in [4.78, 5) is 33.0. The Balaban J connectivity index is 2.20. The molecule has 0 aliphatic heterocycles. The highest BCUT2D eigenvalue weighted by Crippen LogP contribution is 2.05. The van der Waals surface area contributed by atoms with Crippen molar-refractivity contribution in [3.05, 3.63) is 24.2 Å². The van der Waals surface area contributed by atoms with Gasteiger partial charge in [-0.3, -0.25) is 14.9 Å². The third-order valence-corrected chi connectivity index (χ3v) is 2.60. The van der Waals surface area contributed by atoms with E-state index in [1.807, 2.05) is 13.0 Å². The predicted octanol–water partition coefficient (Wildman–Crippen LogP) is 1.29. The molecule has 20 heavy (non-hydrogen) atoms. The predicted molar refractivity (Wildman–Crippen MR) is 70.0 cm³/mol. The SMILES string of the molecule is CC(CCc1ccco1)NC(=O)NC(=O)CCC(=O)O. The van der Waals surface area contributed by atoms with Gasteiger partial charge in [-0.15, -0.1) is 0 Å². The average molecular weight is 282 g/mol. The van der Waals surface area contributed by atoms with Crippen molar-refractivity contribution < 1.29 is 23.9 Å². The van der Waals surface area contributed by atoms with Gasteiger partial charge < -0.3 is 14.8 Å². The number of urea groups is 1. The van der Waals surface area contributed by atoms with E-state index in [1.165, 1.54) is 0 Å². The lowest BCUT2D eigenvalue weighted by atomic mass is 10.1. The Hall–Kier alpha value is -2.31. The molecule has 0 aliphatic rings. The monoisotopic (exact) mass is 282 g/mol. The van der Waals surface area contributed by atoms with Gasteiger partial charge in [-0.2, -0.15) is 0 Å². The van der Waals surface area contributed by atoms with Gasteiger partial charge in [0.05, 0.1) is 12.7 Å². The first-order valence-electron chi connectivity index (χ1n) is 6.32. The molecular weight excluding hydrogens is 264 g/mol. The molecule has 0 fully saturated rings. The van der Waals surface area contributed by atoms with Crippen molar-refractivity contribution in [1.82, 2.24) is 10.6 Å². The third kappa shape index (κ3) is 6.58. The van der Waals surface area contributed by atoms with E-state index in [0.717, 1.165) is 5.76 Å². The van der Waals surface area contributed by atoms with Crippen LogP contribution in [0.15, 0.2) is 22.8 Å². The summed E-state index contributed by atoms with van der Waals surface area (Å²) in [5.74, 6) is -0.855. The maximum absolute atomic E-state index is 11.5. The number of furan rings is 1. The number of hydrogen-bond acceptors (Lipinski definition) is 4. The Morgan fingerprint density at radius 3 is 2.70 bits per heavy atom. The van der Waals surface area contributed by atoms with Crippen LogP contribution in [0.4, 0.5) is 4.79 Å². The van der Waals surface area contributed by atoms with Crippen LogP contribution in [-0.4, -0.2) is 29.1 Å². The van der Waals surface area contributed by atoms with Crippen LogP contribution < -0.4 is 10.6 Å². The molecule has 7 heteroatoms. The molecule has 1 unspecified atom stereocenters. The topological polar surface area (TPSA) is 109 Å². The van der Waals surface area contributed by atoms with Crippen LogP contribution >= 0.6 is 0 Å². The van der Waals surface area contributed by atoms with E-state index in [-0.39, 0.29) is 18.9 Å². The van der Waals surface area contributed by atoms with Crippen LogP contribution in [0.3, 0.4) is 0 Å². The second kappa shape index (κ2) is 7.98. The van der Waals surface area contributed by atoms with Crippen LogP contribution in [-0.2, 0) is 16.0 Å². The van der Waals surface area contributed by atoms with Crippen LogP contribution in [0.2, 0.25) is 0 Å². The van der Waals surface area contributed by atoms with Crippen molar-refractivity contribution in [1.29, 1.82) is 0 Å². The number of aryl methyl sites for hydroxylation is 1. The summed E-state index contributed by atoms with van der Waals surface area (Å²) in [6, 6.07) is 2.89. The minimum absolute atomic E-state index is 0.132. The van der Waals surface area contributed by atoms with Crippen molar-refractivity contribution in [3.8, 4) is 0 Å². The molecule has 0 saturated carbocycles. The molecule has 110 valence electrons. The highest BCUT2D eigenvalue weighted by atomic mass is 16.4. The summed E-state index contributed by atoms with van der Waals surface area (Å²) in [6.07, 6.45) is 2.42. The molecule has 7 nitrogen and oxygen atoms in total. The van der Waals surface area contributed by atoms with Crippen LogP contribution in [0, 0.1) is 0 Å². The van der Waals surface area contributed by atoms with Crippen LogP contribution in [0.5, 0.6) is 0 Å². The lowest BCUT2D eigenvalue weighted by molar-refractivity contribution is -0.138. The third-order valence-electron chi connectivity index (χ3n) is 2.60. The van der Waals surface area contributed by atoms with E-state index in [1.54, 1.807) is 12.3 Å². The van der Waals surface area contributed by atoms with E-state index in [4.69, 9.17) is 9.52 Å². The molecular formula is C13H18N2O5. The van der Waals surface area contributed by atoms with Crippen molar-refractivity contribution in [3.63, 3.8) is 0 Å². The van der Waals surface area contributed by atoms with Gasteiger partial charge in [0, 0.05) is 18.9 Å². The largest absolute Gasteiger partial charge is 0.481 e. The summed E-state index contributed by atoms with van der Waals surface area (Å²) in [5.41, 5.74) is 0. The first-order chi connectivity index (χ1) is 9.47. The average Bonchev–Trinajstić information content (AvgIpc) is 2.86. The summed E-state index contributed by atoms with van der Waals surface area (Å²) < 4.78 is 5.17. The minimum atomic E-state index is -1.08. The number of rotatable bonds is 7. The fraction of sp³-hybridized carbons (Fsp3) is 0.462. The molecule has 3 N–H and O–H groups in total. The highest BCUT2D eigenvalue weighted by molar-refractivity contribution is 5.95. The van der Waals surface area contributed by atoms with Crippen molar-refractivity contribution in [2.24, 2.45) is 0 Å². The summed E-state index contributed by atoms with van der Waals surface area (Å²) >= 11 is 0. The molecule has 0 aliphatic carbocycles. The Labute approximate surface area is 116 Å². The summed E-state index contributed by atoms with van der Waals surface area (Å²) in [5, 5.41) is 13.1. The molecule has 0 saturated heterocycles. The fourth-order valence-corrected chi connectivity index (χ4v) is 1.56. The molecule has 0 spiro atoms. The van der Waals surface area contributed by atoms with Gasteiger partial charge in [0.2, 0.25) is 5.91 Å². The Bertz CT molecular complexity index is 455. The number of amides is 3. The lowest BCUT2D eigenvalue weighted by Gasteiger charge is -2.13. The van der Waals surface area contributed by atoms with Gasteiger partial charge in [0.25, 0.3) is 0 Å². The number of aliphatic carboxylic acids is 1. The molecule has 1 aromatic heterocycles.